The number of hydrogen-bond acceptors (Lipinski definition) is 4. The molecule has 1 aromatic carbocycles. The fourth-order valence-corrected chi connectivity index (χ4v) is 2.48. The van der Waals surface area contributed by atoms with Crippen molar-refractivity contribution in [2.45, 2.75) is 26.4 Å². The van der Waals surface area contributed by atoms with Gasteiger partial charge < -0.3 is 10.1 Å². The molecular formula is C17H15Cl3N2O3. The van der Waals surface area contributed by atoms with Crippen molar-refractivity contribution in [1.29, 1.82) is 0 Å². The first-order chi connectivity index (χ1) is 11.8. The summed E-state index contributed by atoms with van der Waals surface area (Å²) in [6.45, 7) is 3.48. The van der Waals surface area contributed by atoms with Gasteiger partial charge in [0.15, 0.2) is 11.8 Å². The molecule has 0 spiro atoms. The van der Waals surface area contributed by atoms with Crippen molar-refractivity contribution in [2.75, 3.05) is 5.32 Å². The van der Waals surface area contributed by atoms with E-state index in [0.717, 1.165) is 12.0 Å². The number of nitrogens with zero attached hydrogens (tertiary/aromatic N) is 1. The zero-order chi connectivity index (χ0) is 18.6. The number of amides is 1. The zero-order valence-electron chi connectivity index (χ0n) is 13.5. The van der Waals surface area contributed by atoms with E-state index < -0.39 is 18.0 Å². The van der Waals surface area contributed by atoms with Crippen LogP contribution in [0.2, 0.25) is 15.1 Å². The monoisotopic (exact) mass is 400 g/mol. The van der Waals surface area contributed by atoms with Crippen molar-refractivity contribution in [1.82, 2.24) is 4.98 Å². The minimum Gasteiger partial charge on any atom is -0.448 e. The molecule has 1 atom stereocenters. The van der Waals surface area contributed by atoms with Gasteiger partial charge in [0, 0.05) is 11.9 Å². The van der Waals surface area contributed by atoms with E-state index in [1.807, 2.05) is 19.1 Å². The molecule has 0 aliphatic heterocycles. The molecule has 0 aliphatic rings. The van der Waals surface area contributed by atoms with E-state index in [-0.39, 0.29) is 20.8 Å². The second-order valence-electron chi connectivity index (χ2n) is 5.17. The lowest BCUT2D eigenvalue weighted by atomic mass is 10.1. The van der Waals surface area contributed by atoms with Gasteiger partial charge in [-0.25, -0.2) is 9.78 Å². The Morgan fingerprint density at radius 3 is 2.40 bits per heavy atom. The zero-order valence-corrected chi connectivity index (χ0v) is 15.7. The normalized spacial score (nSPS) is 11.7. The molecule has 132 valence electrons. The van der Waals surface area contributed by atoms with Crippen LogP contribution in [0, 0.1) is 0 Å². The average molecular weight is 402 g/mol. The van der Waals surface area contributed by atoms with E-state index in [0.29, 0.717) is 5.69 Å². The standard InChI is InChI=1S/C17H15Cl3N2O3/c1-3-10-4-6-11(7-5-10)22-16(23)9(2)25-17(24)15-14(20)13(19)12(18)8-21-15/h4-9H,3H2,1-2H3,(H,22,23). The van der Waals surface area contributed by atoms with Gasteiger partial charge in [-0.05, 0) is 31.0 Å². The summed E-state index contributed by atoms with van der Waals surface area (Å²) in [4.78, 5) is 28.1. The van der Waals surface area contributed by atoms with Crippen LogP contribution in [-0.2, 0) is 16.0 Å². The summed E-state index contributed by atoms with van der Waals surface area (Å²) in [5.41, 5.74) is 1.55. The largest absolute Gasteiger partial charge is 0.448 e. The van der Waals surface area contributed by atoms with Crippen LogP contribution in [0.1, 0.15) is 29.9 Å². The quantitative estimate of drug-likeness (QED) is 0.732. The van der Waals surface area contributed by atoms with Gasteiger partial charge in [0.1, 0.15) is 0 Å². The van der Waals surface area contributed by atoms with E-state index in [4.69, 9.17) is 39.5 Å². The molecule has 0 radical (unpaired) electrons. The molecule has 1 heterocycles. The number of aryl methyl sites for hydroxylation is 1. The van der Waals surface area contributed by atoms with Crippen LogP contribution < -0.4 is 5.32 Å². The van der Waals surface area contributed by atoms with Gasteiger partial charge in [0.25, 0.3) is 5.91 Å². The van der Waals surface area contributed by atoms with Crippen molar-refractivity contribution in [3.8, 4) is 0 Å². The lowest BCUT2D eigenvalue weighted by Gasteiger charge is -2.14. The van der Waals surface area contributed by atoms with Crippen molar-refractivity contribution in [3.05, 3.63) is 56.8 Å². The van der Waals surface area contributed by atoms with Gasteiger partial charge in [-0.15, -0.1) is 0 Å². The van der Waals surface area contributed by atoms with E-state index in [2.05, 4.69) is 10.3 Å². The fourth-order valence-electron chi connectivity index (χ4n) is 1.92. The number of nitrogens with one attached hydrogen (secondary N) is 1. The molecule has 2 aromatic rings. The SMILES string of the molecule is CCc1ccc(NC(=O)C(C)OC(=O)c2ncc(Cl)c(Cl)c2Cl)cc1. The summed E-state index contributed by atoms with van der Waals surface area (Å²) in [6, 6.07) is 7.38. The summed E-state index contributed by atoms with van der Waals surface area (Å²) in [5.74, 6) is -1.35. The number of esters is 1. The Hall–Kier alpha value is -1.82. The third-order valence-electron chi connectivity index (χ3n) is 3.39. The third kappa shape index (κ3) is 4.84. The minimum atomic E-state index is -1.05. The number of carbonyl (C=O) groups excluding carboxylic acids is 2. The second-order valence-corrected chi connectivity index (χ2v) is 6.33. The Morgan fingerprint density at radius 1 is 1.16 bits per heavy atom. The Balaban J connectivity index is 2.02. The molecule has 8 heteroatoms. The first kappa shape index (κ1) is 19.5. The van der Waals surface area contributed by atoms with E-state index in [1.54, 1.807) is 12.1 Å². The fraction of sp³-hybridized carbons (Fsp3) is 0.235. The highest BCUT2D eigenvalue weighted by molar-refractivity contribution is 6.48. The van der Waals surface area contributed by atoms with Gasteiger partial charge in [-0.2, -0.15) is 0 Å². The van der Waals surface area contributed by atoms with Crippen molar-refractivity contribution in [3.63, 3.8) is 0 Å². The van der Waals surface area contributed by atoms with Crippen LogP contribution >= 0.6 is 34.8 Å². The van der Waals surface area contributed by atoms with Crippen LogP contribution in [0.25, 0.3) is 0 Å². The van der Waals surface area contributed by atoms with Gasteiger partial charge >= 0.3 is 5.97 Å². The first-order valence-corrected chi connectivity index (χ1v) is 8.57. The summed E-state index contributed by atoms with van der Waals surface area (Å²) < 4.78 is 5.09. The number of hydrogen-bond donors (Lipinski definition) is 1. The van der Waals surface area contributed by atoms with Crippen molar-refractivity contribution < 1.29 is 14.3 Å². The molecule has 1 aromatic heterocycles. The number of aromatic nitrogens is 1. The van der Waals surface area contributed by atoms with Gasteiger partial charge in [0.2, 0.25) is 0 Å². The maximum absolute atomic E-state index is 12.2. The maximum atomic E-state index is 12.2. The highest BCUT2D eigenvalue weighted by Crippen LogP contribution is 2.31. The smallest absolute Gasteiger partial charge is 0.359 e. The molecule has 0 saturated heterocycles. The van der Waals surface area contributed by atoms with Gasteiger partial charge in [-0.3, -0.25) is 4.79 Å². The predicted molar refractivity (Wildman–Crippen MR) is 98.6 cm³/mol. The third-order valence-corrected chi connectivity index (χ3v) is 4.63. The molecule has 0 aliphatic carbocycles. The number of rotatable bonds is 5. The molecule has 1 amide bonds. The Bertz CT molecular complexity index is 794. The minimum absolute atomic E-state index is 0.00148. The highest BCUT2D eigenvalue weighted by Gasteiger charge is 2.23. The Labute approximate surface area is 160 Å². The van der Waals surface area contributed by atoms with E-state index >= 15 is 0 Å². The van der Waals surface area contributed by atoms with Gasteiger partial charge in [0.05, 0.1) is 15.1 Å². The number of benzene rings is 1. The number of carbonyl (C=O) groups is 2. The predicted octanol–water partition coefficient (Wildman–Crippen LogP) is 4.79. The number of ether oxygens (including phenoxy) is 1. The number of halogens is 3. The highest BCUT2D eigenvalue weighted by atomic mass is 35.5. The summed E-state index contributed by atoms with van der Waals surface area (Å²) in [7, 11) is 0. The lowest BCUT2D eigenvalue weighted by Crippen LogP contribution is -2.30. The van der Waals surface area contributed by atoms with Gasteiger partial charge in [-0.1, -0.05) is 53.9 Å². The van der Waals surface area contributed by atoms with Crippen LogP contribution in [0.5, 0.6) is 0 Å². The Morgan fingerprint density at radius 2 is 1.80 bits per heavy atom. The summed E-state index contributed by atoms with van der Waals surface area (Å²) in [6.07, 6.45) is 1.04. The summed E-state index contributed by atoms with van der Waals surface area (Å²) >= 11 is 17.6. The van der Waals surface area contributed by atoms with Crippen LogP contribution in [0.15, 0.2) is 30.5 Å². The maximum Gasteiger partial charge on any atom is 0.359 e. The molecular weight excluding hydrogens is 387 g/mol. The van der Waals surface area contributed by atoms with Crippen molar-refractivity contribution >= 4 is 52.4 Å². The topological polar surface area (TPSA) is 68.3 Å². The van der Waals surface area contributed by atoms with Crippen molar-refractivity contribution in [2.24, 2.45) is 0 Å². The van der Waals surface area contributed by atoms with E-state index in [9.17, 15) is 9.59 Å². The molecule has 1 N–H and O–H groups in total. The van der Waals surface area contributed by atoms with Crippen LogP contribution in [-0.4, -0.2) is 23.0 Å². The summed E-state index contributed by atoms with van der Waals surface area (Å²) in [5, 5.41) is 2.66. The average Bonchev–Trinajstić information content (AvgIpc) is 2.60. The molecule has 0 fully saturated rings. The second kappa shape index (κ2) is 8.52. The number of anilines is 1. The number of pyridine rings is 1. The molecule has 1 unspecified atom stereocenters. The molecule has 0 bridgehead atoms. The van der Waals surface area contributed by atoms with Crippen LogP contribution in [0.3, 0.4) is 0 Å². The molecule has 0 saturated carbocycles. The molecule has 2 rings (SSSR count). The lowest BCUT2D eigenvalue weighted by molar-refractivity contribution is -0.123. The van der Waals surface area contributed by atoms with E-state index in [1.165, 1.54) is 13.1 Å². The van der Waals surface area contributed by atoms with Crippen LogP contribution in [0.4, 0.5) is 5.69 Å². The molecule has 25 heavy (non-hydrogen) atoms. The first-order valence-electron chi connectivity index (χ1n) is 7.43. The Kier molecular flexibility index (Phi) is 6.64. The molecule has 5 nitrogen and oxygen atoms in total.